The Hall–Kier alpha value is -0.750. The van der Waals surface area contributed by atoms with Crippen molar-refractivity contribution in [2.24, 2.45) is 5.92 Å². The molecule has 0 saturated carbocycles. The van der Waals surface area contributed by atoms with Gasteiger partial charge < -0.3 is 5.73 Å². The van der Waals surface area contributed by atoms with E-state index in [4.69, 9.17) is 5.73 Å². The van der Waals surface area contributed by atoms with Gasteiger partial charge in [0, 0.05) is 13.0 Å². The molecule has 1 aromatic heterocycles. The molecule has 1 fully saturated rings. The van der Waals surface area contributed by atoms with Crippen LogP contribution in [0.1, 0.15) is 6.42 Å². The van der Waals surface area contributed by atoms with Gasteiger partial charge in [0.15, 0.2) is 5.82 Å². The number of hydrogen-bond acceptors (Lipinski definition) is 4. The lowest BCUT2D eigenvalue weighted by Crippen LogP contribution is -2.26. The molecule has 6 heteroatoms. The Morgan fingerprint density at radius 2 is 2.38 bits per heavy atom. The quantitative estimate of drug-likeness (QED) is 0.646. The number of carbonyl (C=O) groups excluding carboxylic acids is 1. The van der Waals surface area contributed by atoms with Gasteiger partial charge in [0.05, 0.1) is 5.69 Å². The summed E-state index contributed by atoms with van der Waals surface area (Å²) < 4.78 is 0.679. The zero-order chi connectivity index (χ0) is 11.7. The van der Waals surface area contributed by atoms with E-state index in [1.165, 1.54) is 0 Å². The average Bonchev–Trinajstić information content (AvgIpc) is 2.63. The van der Waals surface area contributed by atoms with E-state index in [1.54, 1.807) is 17.0 Å². The molecule has 2 heterocycles. The molecule has 1 atom stereocenters. The molecule has 16 heavy (non-hydrogen) atoms. The van der Waals surface area contributed by atoms with Crippen LogP contribution in [0.15, 0.2) is 16.7 Å². The van der Waals surface area contributed by atoms with Crippen molar-refractivity contribution >= 4 is 46.0 Å². The molecular formula is C10H12BrN3OS. The lowest BCUT2D eigenvalue weighted by atomic mass is 10.1. The molecule has 2 N–H and O–H groups in total. The summed E-state index contributed by atoms with van der Waals surface area (Å²) >= 11 is 7.49. The Balaban J connectivity index is 2.30. The molecule has 0 spiro atoms. The van der Waals surface area contributed by atoms with Crippen LogP contribution in [0.4, 0.5) is 11.5 Å². The number of nitrogens with two attached hydrogens (primary N) is 1. The minimum absolute atomic E-state index is 0.0661. The fourth-order valence-corrected chi connectivity index (χ4v) is 2.31. The summed E-state index contributed by atoms with van der Waals surface area (Å²) in [5.41, 5.74) is 6.35. The Kier molecular flexibility index (Phi) is 3.39. The molecule has 1 saturated heterocycles. The van der Waals surface area contributed by atoms with Crippen LogP contribution in [0.5, 0.6) is 0 Å². The summed E-state index contributed by atoms with van der Waals surface area (Å²) in [7, 11) is 0. The fraction of sp³-hybridized carbons (Fsp3) is 0.400. The number of pyridine rings is 1. The van der Waals surface area contributed by atoms with E-state index >= 15 is 0 Å². The normalized spacial score (nSPS) is 20.5. The molecule has 0 bridgehead atoms. The monoisotopic (exact) mass is 301 g/mol. The van der Waals surface area contributed by atoms with Crippen molar-refractivity contribution in [2.75, 3.05) is 22.9 Å². The van der Waals surface area contributed by atoms with E-state index in [9.17, 15) is 4.79 Å². The van der Waals surface area contributed by atoms with Crippen LogP contribution < -0.4 is 10.6 Å². The SMILES string of the molecule is Nc1ccc(Br)nc1N1CC(CS)CC1=O. The number of anilines is 2. The van der Waals surface area contributed by atoms with E-state index in [0.717, 1.165) is 0 Å². The number of amides is 1. The standard InChI is InChI=1S/C10H12BrN3OS/c11-8-2-1-7(12)10(13-8)14-4-6(5-16)3-9(14)15/h1-2,6,16H,3-5,12H2. The molecule has 0 aromatic carbocycles. The summed E-state index contributed by atoms with van der Waals surface area (Å²) in [6.45, 7) is 0.649. The highest BCUT2D eigenvalue weighted by Crippen LogP contribution is 2.29. The number of nitrogens with zero attached hydrogens (tertiary/aromatic N) is 2. The predicted molar refractivity (Wildman–Crippen MR) is 70.7 cm³/mol. The Labute approximate surface area is 108 Å². The van der Waals surface area contributed by atoms with Crippen molar-refractivity contribution in [2.45, 2.75) is 6.42 Å². The number of hydrogen-bond donors (Lipinski definition) is 2. The minimum atomic E-state index is 0.0661. The number of carbonyl (C=O) groups is 1. The number of nitrogen functional groups attached to an aromatic ring is 1. The number of thiol groups is 1. The highest BCUT2D eigenvalue weighted by Gasteiger charge is 2.31. The van der Waals surface area contributed by atoms with Crippen LogP contribution in [0.2, 0.25) is 0 Å². The molecule has 1 aliphatic rings. The summed E-state index contributed by atoms with van der Waals surface area (Å²) in [5.74, 6) is 1.60. The summed E-state index contributed by atoms with van der Waals surface area (Å²) in [6, 6.07) is 3.50. The maximum atomic E-state index is 11.8. The average molecular weight is 302 g/mol. The van der Waals surface area contributed by atoms with Crippen LogP contribution >= 0.6 is 28.6 Å². The molecule has 1 unspecified atom stereocenters. The zero-order valence-electron chi connectivity index (χ0n) is 8.56. The zero-order valence-corrected chi connectivity index (χ0v) is 11.0. The summed E-state index contributed by atoms with van der Waals surface area (Å²) in [4.78, 5) is 17.7. The largest absolute Gasteiger partial charge is 0.396 e. The van der Waals surface area contributed by atoms with E-state index < -0.39 is 0 Å². The van der Waals surface area contributed by atoms with Crippen molar-refractivity contribution in [1.82, 2.24) is 4.98 Å². The first-order chi connectivity index (χ1) is 7.61. The maximum Gasteiger partial charge on any atom is 0.228 e. The first-order valence-electron chi connectivity index (χ1n) is 4.95. The van der Waals surface area contributed by atoms with Gasteiger partial charge in [0.25, 0.3) is 0 Å². The lowest BCUT2D eigenvalue weighted by molar-refractivity contribution is -0.117. The molecule has 1 amide bonds. The minimum Gasteiger partial charge on any atom is -0.396 e. The highest BCUT2D eigenvalue weighted by atomic mass is 79.9. The molecule has 86 valence electrons. The van der Waals surface area contributed by atoms with Crippen LogP contribution in [0, 0.1) is 5.92 Å². The molecule has 0 aliphatic carbocycles. The topological polar surface area (TPSA) is 59.2 Å². The molecule has 2 rings (SSSR count). The van der Waals surface area contributed by atoms with Crippen molar-refractivity contribution in [3.8, 4) is 0 Å². The van der Waals surface area contributed by atoms with E-state index in [1.807, 2.05) is 0 Å². The smallest absolute Gasteiger partial charge is 0.228 e. The third-order valence-corrected chi connectivity index (χ3v) is 3.55. The van der Waals surface area contributed by atoms with Crippen LogP contribution in [-0.2, 0) is 4.79 Å². The summed E-state index contributed by atoms with van der Waals surface area (Å²) in [6.07, 6.45) is 0.525. The van der Waals surface area contributed by atoms with Gasteiger partial charge in [-0.25, -0.2) is 4.98 Å². The van der Waals surface area contributed by atoms with Gasteiger partial charge in [-0.3, -0.25) is 9.69 Å². The van der Waals surface area contributed by atoms with Gasteiger partial charge >= 0.3 is 0 Å². The van der Waals surface area contributed by atoms with Gasteiger partial charge in [-0.1, -0.05) is 0 Å². The lowest BCUT2D eigenvalue weighted by Gasteiger charge is -2.17. The first kappa shape index (κ1) is 11.7. The molecule has 1 aliphatic heterocycles. The second-order valence-electron chi connectivity index (χ2n) is 3.80. The third kappa shape index (κ3) is 2.17. The third-order valence-electron chi connectivity index (χ3n) is 2.59. The van der Waals surface area contributed by atoms with Crippen LogP contribution in [0.25, 0.3) is 0 Å². The van der Waals surface area contributed by atoms with E-state index in [0.29, 0.717) is 34.8 Å². The second kappa shape index (κ2) is 4.63. The van der Waals surface area contributed by atoms with Crippen molar-refractivity contribution in [3.05, 3.63) is 16.7 Å². The van der Waals surface area contributed by atoms with Gasteiger partial charge in [0.1, 0.15) is 4.60 Å². The molecular weight excluding hydrogens is 290 g/mol. The van der Waals surface area contributed by atoms with Gasteiger partial charge in [-0.15, -0.1) is 0 Å². The Morgan fingerprint density at radius 3 is 3.00 bits per heavy atom. The number of halogens is 1. The Bertz CT molecular complexity index is 427. The second-order valence-corrected chi connectivity index (χ2v) is 4.98. The first-order valence-corrected chi connectivity index (χ1v) is 6.37. The number of rotatable bonds is 2. The van der Waals surface area contributed by atoms with Crippen LogP contribution in [0.3, 0.4) is 0 Å². The molecule has 0 radical (unpaired) electrons. The molecule has 1 aromatic rings. The van der Waals surface area contributed by atoms with E-state index in [2.05, 4.69) is 33.5 Å². The predicted octanol–water partition coefficient (Wildman–Crippen LogP) is 1.71. The summed E-state index contributed by atoms with van der Waals surface area (Å²) in [5, 5.41) is 0. The molecule has 4 nitrogen and oxygen atoms in total. The fourth-order valence-electron chi connectivity index (χ4n) is 1.76. The number of aromatic nitrogens is 1. The maximum absolute atomic E-state index is 11.8. The Morgan fingerprint density at radius 1 is 1.62 bits per heavy atom. The highest BCUT2D eigenvalue weighted by molar-refractivity contribution is 9.10. The van der Waals surface area contributed by atoms with E-state index in [-0.39, 0.29) is 11.8 Å². The van der Waals surface area contributed by atoms with Crippen molar-refractivity contribution in [3.63, 3.8) is 0 Å². The van der Waals surface area contributed by atoms with Crippen molar-refractivity contribution in [1.29, 1.82) is 0 Å². The van der Waals surface area contributed by atoms with Crippen LogP contribution in [-0.4, -0.2) is 23.2 Å². The van der Waals surface area contributed by atoms with Gasteiger partial charge in [-0.2, -0.15) is 12.6 Å². The van der Waals surface area contributed by atoms with Gasteiger partial charge in [-0.05, 0) is 39.7 Å². The van der Waals surface area contributed by atoms with Crippen molar-refractivity contribution < 1.29 is 4.79 Å². The van der Waals surface area contributed by atoms with Gasteiger partial charge in [0.2, 0.25) is 5.91 Å².